The molecule has 22 heavy (non-hydrogen) atoms. The molecule has 12 heteroatoms. The van der Waals surface area contributed by atoms with Crippen LogP contribution >= 0.6 is 0 Å². The second kappa shape index (κ2) is 5.01. The average molecular weight is 301 g/mol. The van der Waals surface area contributed by atoms with Gasteiger partial charge >= 0.3 is 0 Å². The molecule has 0 aliphatic carbocycles. The molecule has 0 spiro atoms. The molecule has 4 rings (SSSR count). The molecule has 0 saturated carbocycles. The van der Waals surface area contributed by atoms with Crippen LogP contribution in [0, 0.1) is 0 Å². The number of nitrogens with two attached hydrogens (primary N) is 3. The Balaban J connectivity index is 0.000000131. The fraction of sp³-hybridized carbons (Fsp3) is 0. The van der Waals surface area contributed by atoms with E-state index in [1.165, 1.54) is 12.7 Å². The largest absolute Gasteiger partial charge is 0.382 e. The first-order valence-corrected chi connectivity index (χ1v) is 5.95. The maximum atomic E-state index is 11.0. The van der Waals surface area contributed by atoms with E-state index in [1.807, 2.05) is 0 Å². The zero-order chi connectivity index (χ0) is 15.7. The van der Waals surface area contributed by atoms with E-state index in [1.54, 1.807) is 0 Å². The van der Waals surface area contributed by atoms with Gasteiger partial charge in [0.05, 0.1) is 12.7 Å². The molecule has 0 aliphatic heterocycles. The van der Waals surface area contributed by atoms with Gasteiger partial charge in [0.2, 0.25) is 11.9 Å². The normalized spacial score (nSPS) is 10.5. The van der Waals surface area contributed by atoms with E-state index in [4.69, 9.17) is 17.2 Å². The highest BCUT2D eigenvalue weighted by Gasteiger charge is 2.03. The molecule has 0 aromatic carbocycles. The molecule has 4 aromatic rings. The van der Waals surface area contributed by atoms with Crippen LogP contribution in [0.2, 0.25) is 0 Å². The lowest BCUT2D eigenvalue weighted by molar-refractivity contribution is 1.17. The third-order valence-corrected chi connectivity index (χ3v) is 2.65. The van der Waals surface area contributed by atoms with Crippen LogP contribution in [-0.4, -0.2) is 39.9 Å². The lowest BCUT2D eigenvalue weighted by Crippen LogP contribution is -2.10. The molecule has 0 saturated heterocycles. The van der Waals surface area contributed by atoms with Crippen LogP contribution in [0.4, 0.5) is 17.7 Å². The molecule has 112 valence electrons. The molecule has 9 N–H and O–H groups in total. The lowest BCUT2D eigenvalue weighted by atomic mass is 10.5. The first-order valence-electron chi connectivity index (χ1n) is 5.95. The Bertz CT molecular complexity index is 997. The van der Waals surface area contributed by atoms with Crippen LogP contribution in [0.5, 0.6) is 0 Å². The van der Waals surface area contributed by atoms with Gasteiger partial charge in [-0.25, -0.2) is 9.97 Å². The molecule has 4 aromatic heterocycles. The van der Waals surface area contributed by atoms with Crippen LogP contribution < -0.4 is 22.8 Å². The summed E-state index contributed by atoms with van der Waals surface area (Å²) in [5.41, 5.74) is 17.6. The zero-order valence-electron chi connectivity index (χ0n) is 11.0. The average Bonchev–Trinajstić information content (AvgIpc) is 3.07. The van der Waals surface area contributed by atoms with Crippen molar-refractivity contribution in [1.82, 2.24) is 39.9 Å². The number of nitrogens with zero attached hydrogens (tertiary/aromatic N) is 5. The van der Waals surface area contributed by atoms with E-state index in [9.17, 15) is 4.79 Å². The van der Waals surface area contributed by atoms with Gasteiger partial charge in [-0.05, 0) is 0 Å². The Morgan fingerprint density at radius 3 is 2.23 bits per heavy atom. The first-order chi connectivity index (χ1) is 10.5. The SMILES string of the molecule is Nc1nc(N)c2[nH]cnc2n1.Nc1nc2nc[nH]c2c(=O)[nH]1. The Morgan fingerprint density at radius 2 is 1.50 bits per heavy atom. The molecule has 0 bridgehead atoms. The molecule has 0 aliphatic rings. The standard InChI is InChI=1S/C5H6N6.C5H5N5O/c6-3-2-4(9-1-8-2)11-5(7)10-3;6-5-9-3-2(4(11)10-5)7-1-8-3/h1H,(H5,6,7,8,9,10,11);1H,(H4,6,7,8,9,10,11). The number of nitrogens with one attached hydrogen (secondary N) is 3. The third kappa shape index (κ3) is 2.35. The Labute approximate surface area is 121 Å². The summed E-state index contributed by atoms with van der Waals surface area (Å²) in [6.45, 7) is 0. The predicted molar refractivity (Wildman–Crippen MR) is 79.4 cm³/mol. The van der Waals surface area contributed by atoms with Crippen LogP contribution in [0.3, 0.4) is 0 Å². The van der Waals surface area contributed by atoms with Gasteiger partial charge in [0.15, 0.2) is 22.6 Å². The third-order valence-electron chi connectivity index (χ3n) is 2.65. The minimum Gasteiger partial charge on any atom is -0.382 e. The molecule has 12 nitrogen and oxygen atoms in total. The lowest BCUT2D eigenvalue weighted by Gasteiger charge is -1.94. The van der Waals surface area contributed by atoms with Gasteiger partial charge in [0.1, 0.15) is 5.52 Å². The Morgan fingerprint density at radius 1 is 0.864 bits per heavy atom. The highest BCUT2D eigenvalue weighted by molar-refractivity contribution is 5.81. The number of hydrogen-bond acceptors (Lipinski definition) is 9. The van der Waals surface area contributed by atoms with Gasteiger partial charge in [-0.3, -0.25) is 9.78 Å². The minimum absolute atomic E-state index is 0.0783. The zero-order valence-corrected chi connectivity index (χ0v) is 11.0. The monoisotopic (exact) mass is 301 g/mol. The number of imidazole rings is 2. The summed E-state index contributed by atoms with van der Waals surface area (Å²) in [5, 5.41) is 0. The van der Waals surface area contributed by atoms with Gasteiger partial charge in [0.25, 0.3) is 5.56 Å². The Hall–Kier alpha value is -3.70. The van der Waals surface area contributed by atoms with Gasteiger partial charge in [-0.1, -0.05) is 0 Å². The number of fused-ring (bicyclic) bond motifs is 2. The van der Waals surface area contributed by atoms with Crippen molar-refractivity contribution in [3.8, 4) is 0 Å². The van der Waals surface area contributed by atoms with E-state index in [0.29, 0.717) is 28.1 Å². The Kier molecular flexibility index (Phi) is 3.02. The number of H-pyrrole nitrogens is 3. The fourth-order valence-corrected chi connectivity index (χ4v) is 1.73. The van der Waals surface area contributed by atoms with Crippen molar-refractivity contribution in [1.29, 1.82) is 0 Å². The maximum Gasteiger partial charge on any atom is 0.278 e. The van der Waals surface area contributed by atoms with Crippen molar-refractivity contribution in [2.75, 3.05) is 17.2 Å². The molecule has 0 unspecified atom stereocenters. The highest BCUT2D eigenvalue weighted by atomic mass is 16.1. The van der Waals surface area contributed by atoms with Gasteiger partial charge < -0.3 is 27.2 Å². The maximum absolute atomic E-state index is 11.0. The number of nitrogen functional groups attached to an aromatic ring is 3. The molecule has 0 atom stereocenters. The van der Waals surface area contributed by atoms with E-state index in [0.717, 1.165) is 0 Å². The van der Waals surface area contributed by atoms with Gasteiger partial charge in [0, 0.05) is 0 Å². The van der Waals surface area contributed by atoms with E-state index in [2.05, 4.69) is 39.9 Å². The molecule has 0 radical (unpaired) electrons. The molecule has 0 fully saturated rings. The summed E-state index contributed by atoms with van der Waals surface area (Å²) >= 11 is 0. The summed E-state index contributed by atoms with van der Waals surface area (Å²) in [6, 6.07) is 0. The summed E-state index contributed by atoms with van der Waals surface area (Å²) in [4.78, 5) is 37.8. The van der Waals surface area contributed by atoms with Gasteiger partial charge in [-0.2, -0.15) is 15.0 Å². The number of aromatic nitrogens is 8. The van der Waals surface area contributed by atoms with E-state index in [-0.39, 0.29) is 17.5 Å². The van der Waals surface area contributed by atoms with Gasteiger partial charge in [-0.15, -0.1) is 0 Å². The van der Waals surface area contributed by atoms with Crippen molar-refractivity contribution in [3.05, 3.63) is 23.0 Å². The quantitative estimate of drug-likeness (QED) is 0.229. The predicted octanol–water partition coefficient (Wildman–Crippen LogP) is -1.25. The molecular formula is C10H11N11O. The van der Waals surface area contributed by atoms with Crippen molar-refractivity contribution in [2.24, 2.45) is 0 Å². The number of anilines is 3. The summed E-state index contributed by atoms with van der Waals surface area (Å²) in [6.07, 6.45) is 2.89. The molecule has 0 amide bonds. The highest BCUT2D eigenvalue weighted by Crippen LogP contribution is 2.12. The fourth-order valence-electron chi connectivity index (χ4n) is 1.73. The van der Waals surface area contributed by atoms with Crippen molar-refractivity contribution in [3.63, 3.8) is 0 Å². The van der Waals surface area contributed by atoms with Crippen molar-refractivity contribution < 1.29 is 0 Å². The summed E-state index contributed by atoms with van der Waals surface area (Å²) < 4.78 is 0. The van der Waals surface area contributed by atoms with Crippen LogP contribution in [-0.2, 0) is 0 Å². The van der Waals surface area contributed by atoms with E-state index < -0.39 is 0 Å². The second-order valence-corrected chi connectivity index (χ2v) is 4.12. The summed E-state index contributed by atoms with van der Waals surface area (Å²) in [5.74, 6) is 0.543. The first kappa shape index (κ1) is 13.3. The number of hydrogen-bond donors (Lipinski definition) is 6. The minimum atomic E-state index is -0.301. The van der Waals surface area contributed by atoms with E-state index >= 15 is 0 Å². The van der Waals surface area contributed by atoms with Crippen molar-refractivity contribution >= 4 is 40.0 Å². The van der Waals surface area contributed by atoms with Crippen LogP contribution in [0.1, 0.15) is 0 Å². The molecular weight excluding hydrogens is 290 g/mol. The smallest absolute Gasteiger partial charge is 0.278 e. The molecule has 4 heterocycles. The number of aromatic amines is 3. The summed E-state index contributed by atoms with van der Waals surface area (Å²) in [7, 11) is 0. The van der Waals surface area contributed by atoms with Crippen LogP contribution in [0.15, 0.2) is 17.4 Å². The van der Waals surface area contributed by atoms with Crippen LogP contribution in [0.25, 0.3) is 22.3 Å². The number of rotatable bonds is 0. The topological polar surface area (TPSA) is 207 Å². The van der Waals surface area contributed by atoms with Crippen molar-refractivity contribution in [2.45, 2.75) is 0 Å². The second-order valence-electron chi connectivity index (χ2n) is 4.12.